The molecule has 1 aromatic heterocycles. The predicted molar refractivity (Wildman–Crippen MR) is 68.9 cm³/mol. The van der Waals surface area contributed by atoms with E-state index >= 15 is 0 Å². The van der Waals surface area contributed by atoms with Gasteiger partial charge in [0.25, 0.3) is 0 Å². The van der Waals surface area contributed by atoms with Gasteiger partial charge in [0.15, 0.2) is 0 Å². The Morgan fingerprint density at radius 3 is 3.00 bits per heavy atom. The second-order valence-electron chi connectivity index (χ2n) is 4.84. The van der Waals surface area contributed by atoms with Crippen molar-refractivity contribution >= 4 is 0 Å². The molecular weight excluding hydrogens is 212 g/mol. The van der Waals surface area contributed by atoms with Crippen LogP contribution in [0.2, 0.25) is 0 Å². The molecule has 1 aliphatic heterocycles. The van der Waals surface area contributed by atoms with E-state index in [1.807, 2.05) is 18.3 Å². The van der Waals surface area contributed by atoms with Crippen LogP contribution in [-0.4, -0.2) is 23.0 Å². The van der Waals surface area contributed by atoms with E-state index < -0.39 is 0 Å². The minimum atomic E-state index is 0.0790. The quantitative estimate of drug-likeness (QED) is 0.751. The van der Waals surface area contributed by atoms with Crippen LogP contribution in [0.15, 0.2) is 31.1 Å². The first-order chi connectivity index (χ1) is 8.37. The van der Waals surface area contributed by atoms with Crippen molar-refractivity contribution in [2.24, 2.45) is 0 Å². The van der Waals surface area contributed by atoms with Gasteiger partial charge in [-0.15, -0.1) is 6.58 Å². The first-order valence-electron chi connectivity index (χ1n) is 6.56. The van der Waals surface area contributed by atoms with Gasteiger partial charge in [-0.3, -0.25) is 4.68 Å². The van der Waals surface area contributed by atoms with E-state index in [1.165, 1.54) is 25.7 Å². The van der Waals surface area contributed by atoms with Crippen molar-refractivity contribution in [3.05, 3.63) is 31.1 Å². The number of ether oxygens (including phenoxy) is 1. The highest BCUT2D eigenvalue weighted by Crippen LogP contribution is 2.32. The lowest BCUT2D eigenvalue weighted by Gasteiger charge is -2.33. The minimum Gasteiger partial charge on any atom is -0.381 e. The minimum absolute atomic E-state index is 0.0790. The molecule has 1 unspecified atom stereocenters. The van der Waals surface area contributed by atoms with Gasteiger partial charge >= 0.3 is 0 Å². The zero-order valence-corrected chi connectivity index (χ0v) is 10.5. The molecule has 0 bridgehead atoms. The topological polar surface area (TPSA) is 27.1 Å². The summed E-state index contributed by atoms with van der Waals surface area (Å²) in [6.07, 6.45) is 12.8. The normalized spacial score (nSPS) is 26.8. The van der Waals surface area contributed by atoms with Gasteiger partial charge in [0.05, 0.1) is 5.54 Å². The highest BCUT2D eigenvalue weighted by atomic mass is 16.5. The van der Waals surface area contributed by atoms with Gasteiger partial charge in [-0.25, -0.2) is 0 Å². The Labute approximate surface area is 103 Å². The molecule has 0 N–H and O–H groups in total. The first kappa shape index (κ1) is 12.4. The summed E-state index contributed by atoms with van der Waals surface area (Å²) in [5, 5.41) is 4.45. The molecule has 1 atom stereocenters. The van der Waals surface area contributed by atoms with E-state index in [0.717, 1.165) is 26.1 Å². The molecule has 0 aliphatic carbocycles. The summed E-state index contributed by atoms with van der Waals surface area (Å²) in [6.45, 7) is 5.64. The molecule has 1 aliphatic rings. The molecule has 1 saturated heterocycles. The van der Waals surface area contributed by atoms with Crippen LogP contribution >= 0.6 is 0 Å². The summed E-state index contributed by atoms with van der Waals surface area (Å²) in [5.41, 5.74) is 0.0790. The lowest BCUT2D eigenvalue weighted by Crippen LogP contribution is -2.35. The van der Waals surface area contributed by atoms with Gasteiger partial charge in [-0.1, -0.05) is 18.9 Å². The van der Waals surface area contributed by atoms with Crippen molar-refractivity contribution in [2.75, 3.05) is 13.2 Å². The SMILES string of the molecule is C=CCC1(n2cccn2)CCCCCOCC1. The van der Waals surface area contributed by atoms with Crippen molar-refractivity contribution in [3.63, 3.8) is 0 Å². The van der Waals surface area contributed by atoms with Crippen LogP contribution in [0.3, 0.4) is 0 Å². The van der Waals surface area contributed by atoms with Gasteiger partial charge < -0.3 is 4.74 Å². The van der Waals surface area contributed by atoms with Crippen molar-refractivity contribution in [1.82, 2.24) is 9.78 Å². The Bertz CT molecular complexity index is 322. The maximum atomic E-state index is 5.68. The van der Waals surface area contributed by atoms with Crippen LogP contribution < -0.4 is 0 Å². The smallest absolute Gasteiger partial charge is 0.0683 e. The molecule has 0 aromatic carbocycles. The summed E-state index contributed by atoms with van der Waals surface area (Å²) in [7, 11) is 0. The Kier molecular flexibility index (Phi) is 4.37. The zero-order chi connectivity index (χ0) is 12.0. The highest BCUT2D eigenvalue weighted by Gasteiger charge is 2.31. The summed E-state index contributed by atoms with van der Waals surface area (Å²) >= 11 is 0. The third-order valence-corrected chi connectivity index (χ3v) is 3.66. The Hall–Kier alpha value is -1.09. The van der Waals surface area contributed by atoms with Crippen molar-refractivity contribution in [2.45, 2.75) is 44.1 Å². The van der Waals surface area contributed by atoms with Crippen LogP contribution in [0.25, 0.3) is 0 Å². The third-order valence-electron chi connectivity index (χ3n) is 3.66. The van der Waals surface area contributed by atoms with E-state index in [2.05, 4.69) is 22.6 Å². The maximum absolute atomic E-state index is 5.68. The second kappa shape index (κ2) is 6.01. The molecule has 0 radical (unpaired) electrons. The first-order valence-corrected chi connectivity index (χ1v) is 6.56. The third kappa shape index (κ3) is 2.97. The van der Waals surface area contributed by atoms with Crippen LogP contribution in [0, 0.1) is 0 Å². The van der Waals surface area contributed by atoms with Crippen molar-refractivity contribution < 1.29 is 4.74 Å². The zero-order valence-electron chi connectivity index (χ0n) is 10.5. The molecule has 3 heteroatoms. The van der Waals surface area contributed by atoms with E-state index in [9.17, 15) is 0 Å². The Morgan fingerprint density at radius 2 is 2.24 bits per heavy atom. The monoisotopic (exact) mass is 234 g/mol. The Morgan fingerprint density at radius 1 is 1.29 bits per heavy atom. The average molecular weight is 234 g/mol. The van der Waals surface area contributed by atoms with Gasteiger partial charge in [0.2, 0.25) is 0 Å². The summed E-state index contributed by atoms with van der Waals surface area (Å²) in [6, 6.07) is 2.00. The summed E-state index contributed by atoms with van der Waals surface area (Å²) < 4.78 is 7.79. The lowest BCUT2D eigenvalue weighted by atomic mass is 9.86. The van der Waals surface area contributed by atoms with Gasteiger partial charge in [0, 0.05) is 25.6 Å². The van der Waals surface area contributed by atoms with E-state index in [0.29, 0.717) is 0 Å². The predicted octanol–water partition coefficient (Wildman–Crippen LogP) is 3.14. The molecule has 1 fully saturated rings. The lowest BCUT2D eigenvalue weighted by molar-refractivity contribution is 0.0957. The van der Waals surface area contributed by atoms with Gasteiger partial charge in [-0.05, 0) is 31.7 Å². The number of allylic oxidation sites excluding steroid dienone is 1. The van der Waals surface area contributed by atoms with Crippen molar-refractivity contribution in [3.8, 4) is 0 Å². The van der Waals surface area contributed by atoms with Crippen molar-refractivity contribution in [1.29, 1.82) is 0 Å². The summed E-state index contributed by atoms with van der Waals surface area (Å²) in [5.74, 6) is 0. The molecule has 2 rings (SSSR count). The number of nitrogens with zero attached hydrogens (tertiary/aromatic N) is 2. The molecule has 3 nitrogen and oxygen atoms in total. The molecule has 94 valence electrons. The van der Waals surface area contributed by atoms with Gasteiger partial charge in [0.1, 0.15) is 0 Å². The molecule has 0 spiro atoms. The number of hydrogen-bond acceptors (Lipinski definition) is 2. The fourth-order valence-electron chi connectivity index (χ4n) is 2.67. The standard InChI is InChI=1S/C14H22N2O/c1-2-7-14(16-11-6-10-15-16)8-4-3-5-12-17-13-9-14/h2,6,10-11H,1,3-5,7-9,12-13H2. The van der Waals surface area contributed by atoms with Crippen LogP contribution in [0.4, 0.5) is 0 Å². The fourth-order valence-corrected chi connectivity index (χ4v) is 2.67. The van der Waals surface area contributed by atoms with E-state index in [-0.39, 0.29) is 5.54 Å². The fraction of sp³-hybridized carbons (Fsp3) is 0.643. The summed E-state index contributed by atoms with van der Waals surface area (Å²) in [4.78, 5) is 0. The van der Waals surface area contributed by atoms with E-state index in [4.69, 9.17) is 4.74 Å². The molecule has 0 saturated carbocycles. The number of aromatic nitrogens is 2. The van der Waals surface area contributed by atoms with Crippen LogP contribution in [0.5, 0.6) is 0 Å². The second-order valence-corrected chi connectivity index (χ2v) is 4.84. The molecule has 17 heavy (non-hydrogen) atoms. The maximum Gasteiger partial charge on any atom is 0.0683 e. The molecule has 2 heterocycles. The molecule has 1 aromatic rings. The van der Waals surface area contributed by atoms with Crippen LogP contribution in [0.1, 0.15) is 38.5 Å². The number of hydrogen-bond donors (Lipinski definition) is 0. The largest absolute Gasteiger partial charge is 0.381 e. The van der Waals surface area contributed by atoms with E-state index in [1.54, 1.807) is 0 Å². The molecule has 0 amide bonds. The molecular formula is C14H22N2O. The average Bonchev–Trinajstić information content (AvgIpc) is 2.87. The highest BCUT2D eigenvalue weighted by molar-refractivity contribution is 4.95. The van der Waals surface area contributed by atoms with Gasteiger partial charge in [-0.2, -0.15) is 5.10 Å². The van der Waals surface area contributed by atoms with Crippen LogP contribution in [-0.2, 0) is 10.3 Å². The Balaban J connectivity index is 2.19. The number of rotatable bonds is 3.